The van der Waals surface area contributed by atoms with E-state index in [-0.39, 0.29) is 0 Å². The van der Waals surface area contributed by atoms with Crippen molar-refractivity contribution >= 4 is 0 Å². The smallest absolute Gasteiger partial charge is 0.174 e. The minimum absolute atomic E-state index is 0.450. The highest BCUT2D eigenvalue weighted by Crippen LogP contribution is 2.38. The van der Waals surface area contributed by atoms with E-state index in [1.54, 1.807) is 97.6 Å². The van der Waals surface area contributed by atoms with Crippen LogP contribution in [0.25, 0.3) is 0 Å². The number of aliphatic hydroxyl groups is 2. The van der Waals surface area contributed by atoms with Crippen LogP contribution in [-0.2, 0) is 11.2 Å². The Morgan fingerprint density at radius 3 is 0.853 bits per heavy atom. The van der Waals surface area contributed by atoms with E-state index < -0.39 is 11.2 Å². The fraction of sp³-hybridized carbons (Fsp3) is 0.0714. The van der Waals surface area contributed by atoms with Crippen LogP contribution < -0.4 is 0 Å². The van der Waals surface area contributed by atoms with Crippen LogP contribution in [0, 0.1) is 0 Å². The molecule has 34 heavy (non-hydrogen) atoms. The third kappa shape index (κ3) is 3.65. The Morgan fingerprint density at radius 1 is 0.382 bits per heavy atom. The molecule has 0 aliphatic carbocycles. The van der Waals surface area contributed by atoms with Crippen molar-refractivity contribution in [1.82, 2.24) is 19.9 Å². The van der Waals surface area contributed by atoms with Gasteiger partial charge in [0.05, 0.1) is 22.8 Å². The Hall–Kier alpha value is -4.26. The molecule has 0 aliphatic heterocycles. The van der Waals surface area contributed by atoms with E-state index in [1.165, 1.54) is 0 Å². The second kappa shape index (κ2) is 8.94. The number of hydrogen-bond donors (Lipinski definition) is 2. The van der Waals surface area contributed by atoms with Crippen LogP contribution in [0.1, 0.15) is 33.9 Å². The standard InChI is InChI=1S/C28H22N4O2/c33-27(23-9-1-5-17-29-23,24-10-2-6-18-30-24)21-13-15-22(16-14-21)28(34,25-11-3-7-19-31-25)26-12-4-8-20-32-26/h1-20,33-34H. The Balaban J connectivity index is 1.66. The summed E-state index contributed by atoms with van der Waals surface area (Å²) in [5, 5.41) is 23.9. The maximum atomic E-state index is 11.9. The molecule has 0 spiro atoms. The van der Waals surface area contributed by atoms with Gasteiger partial charge in [-0.05, 0) is 59.7 Å². The fourth-order valence-electron chi connectivity index (χ4n) is 4.11. The van der Waals surface area contributed by atoms with E-state index in [0.717, 1.165) is 0 Å². The van der Waals surface area contributed by atoms with Crippen LogP contribution in [-0.4, -0.2) is 30.1 Å². The van der Waals surface area contributed by atoms with Gasteiger partial charge in [-0.15, -0.1) is 0 Å². The van der Waals surface area contributed by atoms with Crippen molar-refractivity contribution in [1.29, 1.82) is 0 Å². The lowest BCUT2D eigenvalue weighted by Gasteiger charge is -2.30. The van der Waals surface area contributed by atoms with Gasteiger partial charge in [-0.2, -0.15) is 0 Å². The van der Waals surface area contributed by atoms with Crippen LogP contribution >= 0.6 is 0 Å². The van der Waals surface area contributed by atoms with Gasteiger partial charge in [0.15, 0.2) is 11.2 Å². The van der Waals surface area contributed by atoms with Crippen molar-refractivity contribution in [2.75, 3.05) is 0 Å². The predicted molar refractivity (Wildman–Crippen MR) is 128 cm³/mol. The monoisotopic (exact) mass is 446 g/mol. The normalized spacial score (nSPS) is 11.8. The molecule has 5 aromatic rings. The zero-order chi connectivity index (χ0) is 23.4. The van der Waals surface area contributed by atoms with E-state index in [9.17, 15) is 10.2 Å². The maximum absolute atomic E-state index is 11.9. The van der Waals surface area contributed by atoms with Gasteiger partial charge in [0.1, 0.15) is 0 Å². The van der Waals surface area contributed by atoms with E-state index in [2.05, 4.69) is 19.9 Å². The van der Waals surface area contributed by atoms with E-state index >= 15 is 0 Å². The molecule has 4 heterocycles. The van der Waals surface area contributed by atoms with Crippen molar-refractivity contribution in [3.05, 3.63) is 156 Å². The summed E-state index contributed by atoms with van der Waals surface area (Å²) < 4.78 is 0. The molecule has 1 aromatic carbocycles. The summed E-state index contributed by atoms with van der Waals surface area (Å²) in [4.78, 5) is 17.6. The lowest BCUT2D eigenvalue weighted by atomic mass is 9.82. The van der Waals surface area contributed by atoms with Crippen molar-refractivity contribution in [2.24, 2.45) is 0 Å². The molecule has 6 heteroatoms. The summed E-state index contributed by atoms with van der Waals surface area (Å²) in [6.07, 6.45) is 6.55. The molecule has 166 valence electrons. The molecule has 0 saturated carbocycles. The highest BCUT2D eigenvalue weighted by molar-refractivity contribution is 5.47. The molecule has 0 amide bonds. The zero-order valence-electron chi connectivity index (χ0n) is 18.2. The quantitative estimate of drug-likeness (QED) is 0.412. The largest absolute Gasteiger partial charge is 0.373 e. The number of benzene rings is 1. The first-order valence-corrected chi connectivity index (χ1v) is 10.9. The number of hydrogen-bond acceptors (Lipinski definition) is 6. The second-order valence-corrected chi connectivity index (χ2v) is 7.86. The third-order valence-corrected chi connectivity index (χ3v) is 5.86. The first-order valence-electron chi connectivity index (χ1n) is 10.9. The first kappa shape index (κ1) is 21.6. The van der Waals surface area contributed by atoms with Gasteiger partial charge in [-0.3, -0.25) is 19.9 Å². The summed E-state index contributed by atoms with van der Waals surface area (Å²) >= 11 is 0. The minimum Gasteiger partial charge on any atom is -0.373 e. The molecule has 0 bridgehead atoms. The average Bonchev–Trinajstić information content (AvgIpc) is 2.94. The van der Waals surface area contributed by atoms with Crippen molar-refractivity contribution in [3.8, 4) is 0 Å². The minimum atomic E-state index is -1.57. The van der Waals surface area contributed by atoms with Gasteiger partial charge in [0.25, 0.3) is 0 Å². The highest BCUT2D eigenvalue weighted by Gasteiger charge is 2.39. The van der Waals surface area contributed by atoms with Gasteiger partial charge < -0.3 is 10.2 Å². The molecule has 0 aliphatic rings. The summed E-state index contributed by atoms with van der Waals surface area (Å²) in [7, 11) is 0. The molecule has 0 atom stereocenters. The Kier molecular flexibility index (Phi) is 5.67. The number of rotatable bonds is 6. The summed E-state index contributed by atoms with van der Waals surface area (Å²) in [5.74, 6) is 0. The molecule has 2 N–H and O–H groups in total. The molecule has 4 aromatic heterocycles. The molecular weight excluding hydrogens is 424 g/mol. The van der Waals surface area contributed by atoms with Gasteiger partial charge in [0, 0.05) is 24.8 Å². The van der Waals surface area contributed by atoms with E-state index in [0.29, 0.717) is 33.9 Å². The van der Waals surface area contributed by atoms with Crippen LogP contribution in [0.15, 0.2) is 122 Å². The molecule has 0 radical (unpaired) electrons. The molecule has 0 fully saturated rings. The molecule has 0 unspecified atom stereocenters. The van der Waals surface area contributed by atoms with Crippen LogP contribution in [0.5, 0.6) is 0 Å². The summed E-state index contributed by atoms with van der Waals surface area (Å²) in [6.45, 7) is 0. The fourth-order valence-corrected chi connectivity index (χ4v) is 4.11. The van der Waals surface area contributed by atoms with Gasteiger partial charge in [-0.25, -0.2) is 0 Å². The lowest BCUT2D eigenvalue weighted by molar-refractivity contribution is 0.112. The van der Waals surface area contributed by atoms with Gasteiger partial charge >= 0.3 is 0 Å². The van der Waals surface area contributed by atoms with Crippen molar-refractivity contribution in [2.45, 2.75) is 11.2 Å². The summed E-state index contributed by atoms with van der Waals surface area (Å²) in [6, 6.07) is 28.6. The topological polar surface area (TPSA) is 92.0 Å². The zero-order valence-corrected chi connectivity index (χ0v) is 18.2. The van der Waals surface area contributed by atoms with Gasteiger partial charge in [-0.1, -0.05) is 48.5 Å². The third-order valence-electron chi connectivity index (χ3n) is 5.86. The Morgan fingerprint density at radius 2 is 0.647 bits per heavy atom. The van der Waals surface area contributed by atoms with E-state index in [1.807, 2.05) is 24.3 Å². The molecular formula is C28H22N4O2. The first-order chi connectivity index (χ1) is 16.6. The molecule has 5 rings (SSSR count). The number of nitrogens with zero attached hydrogens (tertiary/aromatic N) is 4. The van der Waals surface area contributed by atoms with Crippen LogP contribution in [0.4, 0.5) is 0 Å². The lowest BCUT2D eigenvalue weighted by Crippen LogP contribution is -2.33. The van der Waals surface area contributed by atoms with Gasteiger partial charge in [0.2, 0.25) is 0 Å². The van der Waals surface area contributed by atoms with Crippen LogP contribution in [0.3, 0.4) is 0 Å². The van der Waals surface area contributed by atoms with E-state index in [4.69, 9.17) is 0 Å². The van der Waals surface area contributed by atoms with Crippen molar-refractivity contribution < 1.29 is 10.2 Å². The SMILES string of the molecule is OC(c1ccc(C(O)(c2ccccn2)c2ccccn2)cc1)(c1ccccn1)c1ccccn1. The Bertz CT molecular complexity index is 1160. The predicted octanol–water partition coefficient (Wildman–Crippen LogP) is 3.84. The number of pyridine rings is 4. The van der Waals surface area contributed by atoms with Crippen LogP contribution in [0.2, 0.25) is 0 Å². The summed E-state index contributed by atoms with van der Waals surface area (Å²) in [5.41, 5.74) is -0.213. The highest BCUT2D eigenvalue weighted by atomic mass is 16.3. The maximum Gasteiger partial charge on any atom is 0.174 e. The molecule has 6 nitrogen and oxygen atoms in total. The van der Waals surface area contributed by atoms with Crippen molar-refractivity contribution in [3.63, 3.8) is 0 Å². The second-order valence-electron chi connectivity index (χ2n) is 7.86. The number of aromatic nitrogens is 4. The molecule has 0 saturated heterocycles. The Labute approximate surface area is 197 Å². The average molecular weight is 447 g/mol.